The first kappa shape index (κ1) is 30.2. The molecule has 0 radical (unpaired) electrons. The molecular weight excluding hydrogens is 510 g/mol. The fraction of sp³-hybridized carbons (Fsp3) is 0.471. The summed E-state index contributed by atoms with van der Waals surface area (Å²) in [7, 11) is 0. The Kier molecular flexibility index (Phi) is 9.79. The first-order chi connectivity index (χ1) is 19.6. The van der Waals surface area contributed by atoms with Crippen LogP contribution >= 0.6 is 0 Å². The second kappa shape index (κ2) is 13.3. The van der Waals surface area contributed by atoms with E-state index in [1.54, 1.807) is 19.3 Å². The molecule has 0 bridgehead atoms. The van der Waals surface area contributed by atoms with Crippen molar-refractivity contribution in [2.24, 2.45) is 0 Å². The van der Waals surface area contributed by atoms with Gasteiger partial charge in [-0.15, -0.1) is 0 Å². The SMILES string of the molecule is CC(C)c1cccc(C(C)C)c1NC(=O)NC(C)(Cc1cccnc1)C(=O)NCC1(c2ccccn2)CCCCC1. The smallest absolute Gasteiger partial charge is 0.320 e. The van der Waals surface area contributed by atoms with Crippen molar-refractivity contribution in [3.8, 4) is 0 Å². The first-order valence-corrected chi connectivity index (χ1v) is 14.9. The Bertz CT molecular complexity index is 1280. The molecule has 0 spiro atoms. The number of hydrogen-bond acceptors (Lipinski definition) is 4. The molecule has 4 rings (SSSR count). The van der Waals surface area contributed by atoms with Crippen LogP contribution in [-0.4, -0.2) is 34.0 Å². The zero-order valence-corrected chi connectivity index (χ0v) is 25.2. The van der Waals surface area contributed by atoms with Gasteiger partial charge in [0.2, 0.25) is 5.91 Å². The van der Waals surface area contributed by atoms with Crippen LogP contribution in [0.25, 0.3) is 0 Å². The van der Waals surface area contributed by atoms with Crippen LogP contribution < -0.4 is 16.0 Å². The molecular formula is C34H45N5O2. The number of anilines is 1. The lowest BCUT2D eigenvalue weighted by molar-refractivity contribution is -0.127. The van der Waals surface area contributed by atoms with Gasteiger partial charge in [0.25, 0.3) is 0 Å². The minimum absolute atomic E-state index is 0.213. The topological polar surface area (TPSA) is 96.0 Å². The van der Waals surface area contributed by atoms with Gasteiger partial charge in [-0.3, -0.25) is 14.8 Å². The van der Waals surface area contributed by atoms with Gasteiger partial charge in [-0.1, -0.05) is 77.3 Å². The summed E-state index contributed by atoms with van der Waals surface area (Å²) in [6.07, 6.45) is 10.9. The van der Waals surface area contributed by atoms with Crippen molar-refractivity contribution in [3.05, 3.63) is 89.5 Å². The van der Waals surface area contributed by atoms with E-state index in [0.29, 0.717) is 13.0 Å². The summed E-state index contributed by atoms with van der Waals surface area (Å²) in [5, 5.41) is 9.42. The molecule has 1 fully saturated rings. The van der Waals surface area contributed by atoms with Crippen LogP contribution in [0.3, 0.4) is 0 Å². The number of nitrogens with one attached hydrogen (secondary N) is 3. The second-order valence-electron chi connectivity index (χ2n) is 12.3. The minimum atomic E-state index is -1.21. The fourth-order valence-corrected chi connectivity index (χ4v) is 6.06. The van der Waals surface area contributed by atoms with Crippen LogP contribution in [0.1, 0.15) is 101 Å². The molecule has 1 aromatic carbocycles. The van der Waals surface area contributed by atoms with Gasteiger partial charge in [-0.2, -0.15) is 0 Å². The molecule has 3 aromatic rings. The van der Waals surface area contributed by atoms with Crippen molar-refractivity contribution in [1.82, 2.24) is 20.6 Å². The molecule has 1 aliphatic rings. The van der Waals surface area contributed by atoms with Gasteiger partial charge in [0, 0.05) is 48.4 Å². The molecule has 7 heteroatoms. The molecule has 1 atom stereocenters. The molecule has 41 heavy (non-hydrogen) atoms. The summed E-state index contributed by atoms with van der Waals surface area (Å²) in [6.45, 7) is 10.7. The monoisotopic (exact) mass is 555 g/mol. The Hall–Kier alpha value is -3.74. The normalized spacial score (nSPS) is 16.2. The molecule has 2 aromatic heterocycles. The van der Waals surface area contributed by atoms with Crippen molar-refractivity contribution in [1.29, 1.82) is 0 Å². The predicted molar refractivity (Wildman–Crippen MR) is 165 cm³/mol. The number of rotatable bonds is 10. The zero-order valence-electron chi connectivity index (χ0n) is 25.2. The number of urea groups is 1. The third kappa shape index (κ3) is 7.32. The number of hydrogen-bond donors (Lipinski definition) is 3. The van der Waals surface area contributed by atoms with E-state index < -0.39 is 11.6 Å². The average Bonchev–Trinajstić information content (AvgIpc) is 2.97. The van der Waals surface area contributed by atoms with Gasteiger partial charge in [0.1, 0.15) is 5.54 Å². The Labute approximate surface area is 245 Å². The lowest BCUT2D eigenvalue weighted by Gasteiger charge is -2.38. The van der Waals surface area contributed by atoms with Crippen molar-refractivity contribution in [2.75, 3.05) is 11.9 Å². The molecule has 0 aliphatic heterocycles. The predicted octanol–water partition coefficient (Wildman–Crippen LogP) is 6.86. The number of carbonyl (C=O) groups excluding carboxylic acids is 2. The summed E-state index contributed by atoms with van der Waals surface area (Å²) in [5.41, 5.74) is 3.42. The minimum Gasteiger partial charge on any atom is -0.353 e. The van der Waals surface area contributed by atoms with Gasteiger partial charge in [0.15, 0.2) is 0 Å². The molecule has 1 saturated carbocycles. The third-order valence-electron chi connectivity index (χ3n) is 8.39. The Balaban J connectivity index is 1.59. The van der Waals surface area contributed by atoms with Crippen LogP contribution in [0.2, 0.25) is 0 Å². The Morgan fingerprint density at radius 1 is 0.902 bits per heavy atom. The number of carbonyl (C=O) groups is 2. The van der Waals surface area contributed by atoms with E-state index in [0.717, 1.165) is 53.8 Å². The lowest BCUT2D eigenvalue weighted by Crippen LogP contribution is -2.60. The fourth-order valence-electron chi connectivity index (χ4n) is 6.06. The maximum atomic E-state index is 14.0. The van der Waals surface area contributed by atoms with Crippen molar-refractivity contribution >= 4 is 17.6 Å². The van der Waals surface area contributed by atoms with Gasteiger partial charge in [0.05, 0.1) is 0 Å². The highest BCUT2D eigenvalue weighted by Gasteiger charge is 2.40. The number of nitrogens with zero attached hydrogens (tertiary/aromatic N) is 2. The van der Waals surface area contributed by atoms with Crippen LogP contribution in [0.5, 0.6) is 0 Å². The number of aromatic nitrogens is 2. The van der Waals surface area contributed by atoms with Crippen molar-refractivity contribution in [2.45, 2.75) is 95.9 Å². The van der Waals surface area contributed by atoms with Crippen LogP contribution in [0, 0.1) is 0 Å². The maximum Gasteiger partial charge on any atom is 0.320 e. The Morgan fingerprint density at radius 3 is 2.20 bits per heavy atom. The molecule has 218 valence electrons. The zero-order chi connectivity index (χ0) is 29.5. The van der Waals surface area contributed by atoms with Crippen LogP contribution in [0.15, 0.2) is 67.1 Å². The number of benzene rings is 1. The summed E-state index contributed by atoms with van der Waals surface area (Å²) in [6, 6.07) is 15.5. The molecule has 0 saturated heterocycles. The highest BCUT2D eigenvalue weighted by atomic mass is 16.2. The lowest BCUT2D eigenvalue weighted by atomic mass is 9.71. The van der Waals surface area contributed by atoms with E-state index >= 15 is 0 Å². The maximum absolute atomic E-state index is 14.0. The van der Waals surface area contributed by atoms with E-state index in [1.165, 1.54) is 6.42 Å². The van der Waals surface area contributed by atoms with E-state index in [2.05, 4.69) is 71.8 Å². The first-order valence-electron chi connectivity index (χ1n) is 14.9. The second-order valence-corrected chi connectivity index (χ2v) is 12.3. The quantitative estimate of drug-likeness (QED) is 0.254. The van der Waals surface area contributed by atoms with Gasteiger partial charge in [-0.25, -0.2) is 4.79 Å². The standard InChI is InChI=1S/C34H45N5O2/c1-24(2)27-14-11-15-28(25(3)4)30(27)38-32(41)39-33(5,21-26-13-12-19-35-22-26)31(40)37-23-34(17-8-6-9-18-34)29-16-7-10-20-36-29/h7,10-16,19-20,22,24-25H,6,8-9,17-18,21,23H2,1-5H3,(H,37,40)(H2,38,39,41). The highest BCUT2D eigenvalue weighted by Crippen LogP contribution is 2.38. The number of para-hydroxylation sites is 1. The van der Waals surface area contributed by atoms with Crippen LogP contribution in [0.4, 0.5) is 10.5 Å². The summed E-state index contributed by atoms with van der Waals surface area (Å²) >= 11 is 0. The summed E-state index contributed by atoms with van der Waals surface area (Å²) < 4.78 is 0. The molecule has 3 N–H and O–H groups in total. The molecule has 2 heterocycles. The van der Waals surface area contributed by atoms with Gasteiger partial charge >= 0.3 is 6.03 Å². The summed E-state index contributed by atoms with van der Waals surface area (Å²) in [5.74, 6) is 0.235. The highest BCUT2D eigenvalue weighted by molar-refractivity contribution is 5.97. The van der Waals surface area contributed by atoms with Gasteiger partial charge in [-0.05, 0) is 66.5 Å². The van der Waals surface area contributed by atoms with E-state index in [-0.39, 0.29) is 23.2 Å². The summed E-state index contributed by atoms with van der Waals surface area (Å²) in [4.78, 5) is 36.6. The van der Waals surface area contributed by atoms with Crippen LogP contribution in [-0.2, 0) is 16.6 Å². The average molecular weight is 556 g/mol. The molecule has 1 unspecified atom stereocenters. The molecule has 1 aliphatic carbocycles. The third-order valence-corrected chi connectivity index (χ3v) is 8.39. The Morgan fingerprint density at radius 2 is 1.61 bits per heavy atom. The number of pyridine rings is 2. The van der Waals surface area contributed by atoms with Crippen molar-refractivity contribution in [3.63, 3.8) is 0 Å². The van der Waals surface area contributed by atoms with Gasteiger partial charge < -0.3 is 16.0 Å². The molecule has 3 amide bonds. The van der Waals surface area contributed by atoms with E-state index in [4.69, 9.17) is 0 Å². The molecule has 7 nitrogen and oxygen atoms in total. The van der Waals surface area contributed by atoms with Crippen molar-refractivity contribution < 1.29 is 9.59 Å². The van der Waals surface area contributed by atoms with E-state index in [1.807, 2.05) is 36.5 Å². The number of amides is 3. The largest absolute Gasteiger partial charge is 0.353 e. The van der Waals surface area contributed by atoms with E-state index in [9.17, 15) is 9.59 Å².